The van der Waals surface area contributed by atoms with Gasteiger partial charge in [-0.3, -0.25) is 10.1 Å². The SMILES string of the molecule is Cc1nc(NCc2nccs2)ccc1[N+](=O)[O-]. The molecule has 0 aromatic carbocycles. The van der Waals surface area contributed by atoms with Crippen LogP contribution in [0.15, 0.2) is 23.7 Å². The van der Waals surface area contributed by atoms with Gasteiger partial charge in [0, 0.05) is 17.6 Å². The monoisotopic (exact) mass is 250 g/mol. The van der Waals surface area contributed by atoms with Gasteiger partial charge < -0.3 is 5.32 Å². The topological polar surface area (TPSA) is 81.0 Å². The third-order valence-electron chi connectivity index (χ3n) is 2.16. The van der Waals surface area contributed by atoms with E-state index in [-0.39, 0.29) is 5.69 Å². The Morgan fingerprint density at radius 1 is 1.53 bits per heavy atom. The van der Waals surface area contributed by atoms with Crippen LogP contribution < -0.4 is 5.32 Å². The summed E-state index contributed by atoms with van der Waals surface area (Å²) >= 11 is 1.54. The molecular weight excluding hydrogens is 240 g/mol. The molecule has 0 fully saturated rings. The van der Waals surface area contributed by atoms with Crippen LogP contribution in [0.4, 0.5) is 11.5 Å². The lowest BCUT2D eigenvalue weighted by Crippen LogP contribution is -2.03. The van der Waals surface area contributed by atoms with E-state index in [1.165, 1.54) is 6.07 Å². The lowest BCUT2D eigenvalue weighted by Gasteiger charge is -2.04. The summed E-state index contributed by atoms with van der Waals surface area (Å²) in [6, 6.07) is 3.05. The molecule has 17 heavy (non-hydrogen) atoms. The van der Waals surface area contributed by atoms with E-state index in [0.717, 1.165) is 5.01 Å². The van der Waals surface area contributed by atoms with Gasteiger partial charge >= 0.3 is 0 Å². The van der Waals surface area contributed by atoms with Crippen molar-refractivity contribution >= 4 is 22.8 Å². The highest BCUT2D eigenvalue weighted by Gasteiger charge is 2.11. The third kappa shape index (κ3) is 2.76. The molecule has 0 amide bonds. The molecule has 2 rings (SSSR count). The molecule has 2 heterocycles. The number of nitrogens with zero attached hydrogens (tertiary/aromatic N) is 3. The Kier molecular flexibility index (Phi) is 3.29. The van der Waals surface area contributed by atoms with Crippen LogP contribution in [0.2, 0.25) is 0 Å². The molecule has 0 aliphatic heterocycles. The van der Waals surface area contributed by atoms with Gasteiger partial charge in [-0.15, -0.1) is 11.3 Å². The van der Waals surface area contributed by atoms with E-state index in [1.54, 1.807) is 30.5 Å². The lowest BCUT2D eigenvalue weighted by atomic mass is 10.3. The molecule has 0 saturated heterocycles. The van der Waals surface area contributed by atoms with E-state index >= 15 is 0 Å². The molecule has 0 spiro atoms. The molecule has 1 N–H and O–H groups in total. The fourth-order valence-electron chi connectivity index (χ4n) is 1.35. The van der Waals surface area contributed by atoms with E-state index in [4.69, 9.17) is 0 Å². The molecule has 0 radical (unpaired) electrons. The first-order valence-corrected chi connectivity index (χ1v) is 5.79. The van der Waals surface area contributed by atoms with E-state index in [9.17, 15) is 10.1 Å². The summed E-state index contributed by atoms with van der Waals surface area (Å²) in [7, 11) is 0. The van der Waals surface area contributed by atoms with E-state index in [0.29, 0.717) is 18.1 Å². The van der Waals surface area contributed by atoms with Crippen molar-refractivity contribution in [3.8, 4) is 0 Å². The number of nitrogens with one attached hydrogen (secondary N) is 1. The van der Waals surface area contributed by atoms with Gasteiger partial charge in [-0.25, -0.2) is 9.97 Å². The molecule has 0 saturated carbocycles. The van der Waals surface area contributed by atoms with Crippen molar-refractivity contribution in [2.45, 2.75) is 13.5 Å². The van der Waals surface area contributed by atoms with Crippen molar-refractivity contribution in [2.24, 2.45) is 0 Å². The number of aromatic nitrogens is 2. The molecule has 2 aromatic heterocycles. The minimum atomic E-state index is -0.438. The van der Waals surface area contributed by atoms with Crippen molar-refractivity contribution in [3.63, 3.8) is 0 Å². The van der Waals surface area contributed by atoms with Gasteiger partial charge in [0.2, 0.25) is 0 Å². The second-order valence-electron chi connectivity index (χ2n) is 3.34. The largest absolute Gasteiger partial charge is 0.364 e. The zero-order valence-electron chi connectivity index (χ0n) is 9.08. The second kappa shape index (κ2) is 4.88. The van der Waals surface area contributed by atoms with E-state index in [1.807, 2.05) is 5.38 Å². The Hall–Kier alpha value is -2.02. The van der Waals surface area contributed by atoms with Crippen molar-refractivity contribution in [1.82, 2.24) is 9.97 Å². The standard InChI is InChI=1S/C10H10N4O2S/c1-7-8(14(15)16)2-3-9(13-7)12-6-10-11-4-5-17-10/h2-5H,6H2,1H3,(H,12,13). The van der Waals surface area contributed by atoms with Gasteiger partial charge in [0.05, 0.1) is 11.5 Å². The normalized spacial score (nSPS) is 10.2. The van der Waals surface area contributed by atoms with Crippen molar-refractivity contribution in [3.05, 3.63) is 44.5 Å². The maximum Gasteiger partial charge on any atom is 0.290 e. The molecule has 0 aliphatic carbocycles. The minimum absolute atomic E-state index is 0.0322. The Bertz CT molecular complexity index is 527. The summed E-state index contributed by atoms with van der Waals surface area (Å²) in [4.78, 5) is 18.4. The summed E-state index contributed by atoms with van der Waals surface area (Å²) in [5.41, 5.74) is 0.434. The number of aryl methyl sites for hydroxylation is 1. The Balaban J connectivity index is 2.07. The van der Waals surface area contributed by atoms with Crippen LogP contribution in [0.5, 0.6) is 0 Å². The lowest BCUT2D eigenvalue weighted by molar-refractivity contribution is -0.385. The zero-order valence-corrected chi connectivity index (χ0v) is 9.90. The van der Waals surface area contributed by atoms with E-state index in [2.05, 4.69) is 15.3 Å². The van der Waals surface area contributed by atoms with Crippen LogP contribution in [-0.4, -0.2) is 14.9 Å². The summed E-state index contributed by atoms with van der Waals surface area (Å²) < 4.78 is 0. The van der Waals surface area contributed by atoms with Crippen LogP contribution in [0, 0.1) is 17.0 Å². The van der Waals surface area contributed by atoms with Gasteiger partial charge in [-0.1, -0.05) is 0 Å². The maximum atomic E-state index is 10.6. The van der Waals surface area contributed by atoms with Gasteiger partial charge in [0.1, 0.15) is 16.5 Å². The fraction of sp³-hybridized carbons (Fsp3) is 0.200. The highest BCUT2D eigenvalue weighted by Crippen LogP contribution is 2.18. The van der Waals surface area contributed by atoms with Crippen molar-refractivity contribution in [1.29, 1.82) is 0 Å². The van der Waals surface area contributed by atoms with Crippen molar-refractivity contribution in [2.75, 3.05) is 5.32 Å². The minimum Gasteiger partial charge on any atom is -0.364 e. The number of rotatable bonds is 4. The van der Waals surface area contributed by atoms with Crippen LogP contribution in [0.3, 0.4) is 0 Å². The molecular formula is C10H10N4O2S. The molecule has 2 aromatic rings. The number of pyridine rings is 1. The molecule has 0 bridgehead atoms. The summed E-state index contributed by atoms with van der Waals surface area (Å²) in [6.07, 6.45) is 1.73. The smallest absolute Gasteiger partial charge is 0.290 e. The average Bonchev–Trinajstić information content (AvgIpc) is 2.78. The Morgan fingerprint density at radius 3 is 2.94 bits per heavy atom. The fourth-order valence-corrected chi connectivity index (χ4v) is 1.91. The van der Waals surface area contributed by atoms with Gasteiger partial charge in [-0.05, 0) is 13.0 Å². The van der Waals surface area contributed by atoms with E-state index < -0.39 is 4.92 Å². The molecule has 6 nitrogen and oxygen atoms in total. The van der Waals surface area contributed by atoms with Gasteiger partial charge in [0.15, 0.2) is 0 Å². The number of thiazole rings is 1. The third-order valence-corrected chi connectivity index (χ3v) is 2.94. The first-order valence-electron chi connectivity index (χ1n) is 4.91. The summed E-state index contributed by atoms with van der Waals surface area (Å²) in [5, 5.41) is 16.5. The molecule has 0 aliphatic rings. The highest BCUT2D eigenvalue weighted by atomic mass is 32.1. The Morgan fingerprint density at radius 2 is 2.35 bits per heavy atom. The number of hydrogen-bond acceptors (Lipinski definition) is 6. The van der Waals surface area contributed by atoms with Crippen LogP contribution in [0.1, 0.15) is 10.7 Å². The summed E-state index contributed by atoms with van der Waals surface area (Å²) in [5.74, 6) is 0.614. The average molecular weight is 250 g/mol. The maximum absolute atomic E-state index is 10.6. The molecule has 7 heteroatoms. The predicted octanol–water partition coefficient (Wildman–Crippen LogP) is 2.37. The number of anilines is 1. The quantitative estimate of drug-likeness (QED) is 0.665. The zero-order chi connectivity index (χ0) is 12.3. The molecule has 0 unspecified atom stereocenters. The van der Waals surface area contributed by atoms with Crippen LogP contribution in [0.25, 0.3) is 0 Å². The highest BCUT2D eigenvalue weighted by molar-refractivity contribution is 7.09. The van der Waals surface area contributed by atoms with Crippen LogP contribution in [-0.2, 0) is 6.54 Å². The molecule has 0 atom stereocenters. The predicted molar refractivity (Wildman–Crippen MR) is 65.1 cm³/mol. The molecule has 88 valence electrons. The number of hydrogen-bond donors (Lipinski definition) is 1. The van der Waals surface area contributed by atoms with Crippen molar-refractivity contribution < 1.29 is 4.92 Å². The van der Waals surface area contributed by atoms with Crippen LogP contribution >= 0.6 is 11.3 Å². The Labute approximate surface area is 102 Å². The number of nitro groups is 1. The first kappa shape index (κ1) is 11.5. The summed E-state index contributed by atoms with van der Waals surface area (Å²) in [6.45, 7) is 2.19. The second-order valence-corrected chi connectivity index (χ2v) is 4.32. The first-order chi connectivity index (χ1) is 8.16. The van der Waals surface area contributed by atoms with Gasteiger partial charge in [-0.2, -0.15) is 0 Å². The van der Waals surface area contributed by atoms with Gasteiger partial charge in [0.25, 0.3) is 5.69 Å².